The number of carbonyl (C=O) groups excluding carboxylic acids is 8. The van der Waals surface area contributed by atoms with Crippen LogP contribution < -0.4 is 14.8 Å². The minimum Gasteiger partial charge on any atom is -0.479 e. The van der Waals surface area contributed by atoms with Gasteiger partial charge in [0.25, 0.3) is 23.6 Å². The average molecular weight is 1450 g/mol. The van der Waals surface area contributed by atoms with E-state index < -0.39 is 108 Å². The van der Waals surface area contributed by atoms with E-state index >= 15 is 0 Å². The molecular weight excluding hydrogens is 1350 g/mol. The molecule has 10 atom stereocenters. The van der Waals surface area contributed by atoms with Crippen molar-refractivity contribution in [3.63, 3.8) is 0 Å². The van der Waals surface area contributed by atoms with Crippen LogP contribution in [0.1, 0.15) is 122 Å². The number of aliphatic carboxylic acids is 2. The predicted molar refractivity (Wildman–Crippen MR) is 354 cm³/mol. The topological polar surface area (TPSA) is 453 Å². The standard InChI is InChI=1S/C38H55NO15.C32H44N2O14/c1-38(2,3)37(48)52-24-26-23-25(12-13-28(26)53-36-33(45)31(43)32(44)34(54-36)35(46)47)9-7-17-49-19-21-51-22-20-50-18-8-11-27(40)10-5-4-6-16-39-29(41)14-15-30(39)42;1-32(2,3)31(43)46-18-20-17-19(6-7-21(20)47-30-27(40)25(38)26(39)28(48-30)29(41)42)5-4-13-44-15-16-45-14-11-33-22(35)10-12-34-23(36)8-9-24(34)37/h12-15,23,31-34,36,43-45H,4-11,16-22,24H2,1-3H3,(H,46,47);6-9,17,25-28,30,38-40H,4-5,10-16,18H2,1-3H3,(H,33,35)(H,41,42)/t31-,32-,33+,34-,36+;25-,26-,27+,28-,30+/m00/s1. The molecule has 0 radical (unpaired) electrons. The number of rotatable bonds is 43. The molecule has 2 aromatic carbocycles. The molecule has 5 amide bonds. The van der Waals surface area contributed by atoms with Gasteiger partial charge in [-0.15, -0.1) is 0 Å². The molecule has 6 rings (SSSR count). The fraction of sp³-hybridized carbons (Fsp3) is 0.629. The SMILES string of the molecule is CC(C)(C)C(=O)OCc1cc(CCCOCCOCCNC(=O)CCN2C(=O)C=CC2=O)ccc1O[C@@H]1O[C@H](C(=O)O)[C@@H](O)[C@H](O)[C@H]1O.CC(C)(C)C(=O)OCc1cc(CCCOCCOCCOCCCC(=O)CCCCCN2C(=O)C=CC2=O)ccc1O[C@@H]1O[C@H](C(=O)O)[C@@H](O)[C@H](O)[C@H]1O. The summed E-state index contributed by atoms with van der Waals surface area (Å²) in [5, 5.41) is 82.4. The molecule has 0 bridgehead atoms. The smallest absolute Gasteiger partial charge is 0.335 e. The monoisotopic (exact) mass is 1450 g/mol. The molecule has 9 N–H and O–H groups in total. The van der Waals surface area contributed by atoms with Crippen molar-refractivity contribution in [1.29, 1.82) is 0 Å². The first-order valence-electron chi connectivity index (χ1n) is 33.9. The van der Waals surface area contributed by atoms with Crippen LogP contribution in [0.15, 0.2) is 60.7 Å². The summed E-state index contributed by atoms with van der Waals surface area (Å²) in [7, 11) is 0. The van der Waals surface area contributed by atoms with E-state index in [0.29, 0.717) is 129 Å². The molecule has 4 aliphatic rings. The fourth-order valence-electron chi connectivity index (χ4n) is 10.1. The molecule has 2 saturated heterocycles. The number of nitrogens with zero attached hydrogens (tertiary/aromatic N) is 2. The highest BCUT2D eigenvalue weighted by Gasteiger charge is 2.50. The molecule has 4 heterocycles. The van der Waals surface area contributed by atoms with Crippen LogP contribution >= 0.6 is 0 Å². The van der Waals surface area contributed by atoms with E-state index in [1.165, 1.54) is 29.2 Å². The van der Waals surface area contributed by atoms with Gasteiger partial charge in [-0.1, -0.05) is 18.6 Å². The Hall–Kier alpha value is -7.70. The number of carboxylic acid groups (broad SMARTS) is 2. The number of benzene rings is 2. The lowest BCUT2D eigenvalue weighted by Crippen LogP contribution is -2.61. The first-order chi connectivity index (χ1) is 48.4. The molecule has 0 spiro atoms. The third-order valence-electron chi connectivity index (χ3n) is 15.9. The average Bonchev–Trinajstić information content (AvgIpc) is 1.09. The number of aliphatic hydroxyl groups is 6. The Kier molecular flexibility index (Phi) is 35.6. The molecule has 102 heavy (non-hydrogen) atoms. The van der Waals surface area contributed by atoms with Crippen molar-refractivity contribution in [3.05, 3.63) is 83.0 Å². The fourth-order valence-corrected chi connectivity index (χ4v) is 10.1. The van der Waals surface area contributed by atoms with Crippen molar-refractivity contribution in [2.45, 2.75) is 187 Å². The Bertz CT molecular complexity index is 3120. The quantitative estimate of drug-likeness (QED) is 0.0257. The number of esters is 2. The number of hydrogen-bond acceptors (Lipinski definition) is 27. The van der Waals surface area contributed by atoms with Crippen LogP contribution in [0.25, 0.3) is 0 Å². The Morgan fingerprint density at radius 3 is 1.25 bits per heavy atom. The van der Waals surface area contributed by atoms with E-state index in [2.05, 4.69) is 5.32 Å². The highest BCUT2D eigenvalue weighted by atomic mass is 16.7. The summed E-state index contributed by atoms with van der Waals surface area (Å²) in [5.41, 5.74) is 1.01. The van der Waals surface area contributed by atoms with E-state index in [9.17, 15) is 88.8 Å². The molecule has 4 aliphatic heterocycles. The van der Waals surface area contributed by atoms with Crippen molar-refractivity contribution >= 4 is 59.2 Å². The van der Waals surface area contributed by atoms with Gasteiger partial charge in [0.1, 0.15) is 67.1 Å². The maximum absolute atomic E-state index is 12.5. The second-order valence-electron chi connectivity index (χ2n) is 26.4. The van der Waals surface area contributed by atoms with E-state index in [1.54, 1.807) is 77.9 Å². The number of imide groups is 2. The summed E-state index contributed by atoms with van der Waals surface area (Å²) in [6, 6.07) is 10.1. The number of nitrogens with one attached hydrogen (secondary N) is 1. The van der Waals surface area contributed by atoms with Crippen LogP contribution in [0, 0.1) is 10.8 Å². The van der Waals surface area contributed by atoms with Crippen LogP contribution in [0.4, 0.5) is 0 Å². The lowest BCUT2D eigenvalue weighted by atomic mass is 9.97. The van der Waals surface area contributed by atoms with Crippen LogP contribution in [0.3, 0.4) is 0 Å². The van der Waals surface area contributed by atoms with E-state index in [4.69, 9.17) is 52.1 Å². The van der Waals surface area contributed by atoms with E-state index in [-0.39, 0.29) is 74.3 Å². The predicted octanol–water partition coefficient (Wildman–Crippen LogP) is 1.31. The van der Waals surface area contributed by atoms with Gasteiger partial charge >= 0.3 is 23.9 Å². The normalized spacial score (nSPS) is 22.0. The van der Waals surface area contributed by atoms with Gasteiger partial charge in [0, 0.05) is 94.1 Å². The Morgan fingerprint density at radius 2 is 0.833 bits per heavy atom. The number of ether oxygens (including phenoxy) is 11. The zero-order chi connectivity index (χ0) is 75.1. The molecule has 32 heteroatoms. The summed E-state index contributed by atoms with van der Waals surface area (Å²) >= 11 is 0. The maximum Gasteiger partial charge on any atom is 0.335 e. The summed E-state index contributed by atoms with van der Waals surface area (Å²) in [5.74, 6) is -5.32. The first-order valence-corrected chi connectivity index (χ1v) is 33.9. The minimum atomic E-state index is -1.87. The van der Waals surface area contributed by atoms with Gasteiger partial charge in [-0.05, 0) is 122 Å². The van der Waals surface area contributed by atoms with E-state index in [1.807, 2.05) is 0 Å². The third-order valence-corrected chi connectivity index (χ3v) is 15.9. The van der Waals surface area contributed by atoms with E-state index in [0.717, 1.165) is 28.9 Å². The Balaban J connectivity index is 0.000000370. The van der Waals surface area contributed by atoms with Crippen LogP contribution in [0.5, 0.6) is 11.5 Å². The zero-order valence-electron chi connectivity index (χ0n) is 58.5. The first kappa shape index (κ1) is 85.0. The molecule has 32 nitrogen and oxygen atoms in total. The van der Waals surface area contributed by atoms with Gasteiger partial charge < -0.3 is 98.3 Å². The van der Waals surface area contributed by atoms with Crippen molar-refractivity contribution < 1.29 is 141 Å². The highest BCUT2D eigenvalue weighted by Crippen LogP contribution is 2.32. The Morgan fingerprint density at radius 1 is 0.451 bits per heavy atom. The molecular formula is C70H99N3O29. The number of carbonyl (C=O) groups is 10. The van der Waals surface area contributed by atoms with Gasteiger partial charge in [-0.2, -0.15) is 0 Å². The zero-order valence-corrected chi connectivity index (χ0v) is 58.5. The lowest BCUT2D eigenvalue weighted by molar-refractivity contribution is -0.271. The molecule has 2 aromatic rings. The van der Waals surface area contributed by atoms with Crippen LogP contribution in [-0.4, -0.2) is 257 Å². The van der Waals surface area contributed by atoms with Gasteiger partial charge in [0.2, 0.25) is 18.5 Å². The molecule has 2 fully saturated rings. The van der Waals surface area contributed by atoms with Crippen molar-refractivity contribution in [2.75, 3.05) is 85.7 Å². The molecule has 0 aromatic heterocycles. The van der Waals surface area contributed by atoms with Crippen molar-refractivity contribution in [1.82, 2.24) is 15.1 Å². The van der Waals surface area contributed by atoms with Crippen LogP contribution in [0.2, 0.25) is 0 Å². The maximum atomic E-state index is 12.5. The minimum absolute atomic E-state index is 0.00198. The van der Waals surface area contributed by atoms with Gasteiger partial charge in [0.15, 0.2) is 12.2 Å². The summed E-state index contributed by atoms with van der Waals surface area (Å²) in [4.78, 5) is 120. The second-order valence-corrected chi connectivity index (χ2v) is 26.4. The highest BCUT2D eigenvalue weighted by molar-refractivity contribution is 6.13. The molecule has 568 valence electrons. The van der Waals surface area contributed by atoms with Crippen molar-refractivity contribution in [2.24, 2.45) is 10.8 Å². The molecule has 0 aliphatic carbocycles. The molecule has 0 unspecified atom stereocenters. The Labute approximate surface area is 591 Å². The number of aliphatic hydroxyl groups excluding tert-OH is 6. The lowest BCUT2D eigenvalue weighted by Gasteiger charge is -2.38. The summed E-state index contributed by atoms with van der Waals surface area (Å²) in [6.45, 7) is 14.3. The number of hydrogen-bond donors (Lipinski definition) is 9. The van der Waals surface area contributed by atoms with Gasteiger partial charge in [-0.25, -0.2) is 9.59 Å². The number of aryl methyl sites for hydroxylation is 2. The van der Waals surface area contributed by atoms with Gasteiger partial charge in [0.05, 0.1) is 57.1 Å². The number of unbranched alkanes of at least 4 members (excludes halogenated alkanes) is 2. The van der Waals surface area contributed by atoms with Gasteiger partial charge in [-0.3, -0.25) is 48.2 Å². The van der Waals surface area contributed by atoms with Crippen LogP contribution in [-0.2, 0) is 117 Å². The molecule has 0 saturated carbocycles. The summed E-state index contributed by atoms with van der Waals surface area (Å²) in [6.07, 6.45) is -6.76. The third kappa shape index (κ3) is 28.5. The largest absolute Gasteiger partial charge is 0.479 e. The number of carboxylic acids is 2. The summed E-state index contributed by atoms with van der Waals surface area (Å²) < 4.78 is 60.7. The van der Waals surface area contributed by atoms with Crippen molar-refractivity contribution in [3.8, 4) is 11.5 Å². The number of ketones is 1. The number of Topliss-reactive ketones (excluding diaryl/α,β-unsaturated/α-hetero) is 1. The second kappa shape index (κ2) is 42.8. The number of amides is 5.